The molecule has 1 amide bonds. The average molecular weight is 234 g/mol. The molecule has 1 N–H and O–H groups in total. The summed E-state index contributed by atoms with van der Waals surface area (Å²) in [6, 6.07) is 9.14. The number of nitrogens with one attached hydrogen (secondary N) is 1. The first-order valence-electron chi connectivity index (χ1n) is 3.74. The molecular weight excluding hydrogens is 226 g/mol. The van der Waals surface area contributed by atoms with Gasteiger partial charge in [0.25, 0.3) is 0 Å². The van der Waals surface area contributed by atoms with E-state index in [0.29, 0.717) is 0 Å². The van der Waals surface area contributed by atoms with Gasteiger partial charge in [0.1, 0.15) is 6.61 Å². The molecular formula is C8H8ClNO3S. The summed E-state index contributed by atoms with van der Waals surface area (Å²) in [5.74, 6) is 0. The average Bonchev–Trinajstić information content (AvgIpc) is 2.15. The van der Waals surface area contributed by atoms with Gasteiger partial charge in [-0.15, -0.1) is 0 Å². The molecule has 0 spiro atoms. The Morgan fingerprint density at radius 1 is 1.43 bits per heavy atom. The lowest BCUT2D eigenvalue weighted by Gasteiger charge is -2.03. The summed E-state index contributed by atoms with van der Waals surface area (Å²) >= 11 is 0. The number of ether oxygens (including phenoxy) is 1. The van der Waals surface area contributed by atoms with Crippen molar-refractivity contribution in [3.05, 3.63) is 35.9 Å². The molecule has 1 rings (SSSR count). The zero-order valence-corrected chi connectivity index (χ0v) is 8.68. The molecule has 0 radical (unpaired) electrons. The molecule has 4 nitrogen and oxygen atoms in total. The van der Waals surface area contributed by atoms with Crippen molar-refractivity contribution in [2.24, 2.45) is 0 Å². The van der Waals surface area contributed by atoms with E-state index >= 15 is 0 Å². The molecule has 0 saturated carbocycles. The molecule has 1 aromatic carbocycles. The first-order chi connectivity index (χ1) is 6.68. The van der Waals surface area contributed by atoms with E-state index in [0.717, 1.165) is 5.56 Å². The number of amides is 1. The van der Waals surface area contributed by atoms with Crippen molar-refractivity contribution < 1.29 is 13.7 Å². The number of carbonyl (C=O) groups excluding carboxylic acids is 1. The smallest absolute Gasteiger partial charge is 0.420 e. The van der Waals surface area contributed by atoms with Gasteiger partial charge in [-0.2, -0.15) is 0 Å². The van der Waals surface area contributed by atoms with Crippen LogP contribution in [0.15, 0.2) is 30.3 Å². The Hall–Kier alpha value is -1.07. The summed E-state index contributed by atoms with van der Waals surface area (Å²) in [6.45, 7) is 0.126. The molecule has 1 aromatic rings. The van der Waals surface area contributed by atoms with E-state index in [1.54, 1.807) is 0 Å². The molecule has 76 valence electrons. The van der Waals surface area contributed by atoms with Crippen LogP contribution < -0.4 is 4.72 Å². The van der Waals surface area contributed by atoms with Gasteiger partial charge in [-0.1, -0.05) is 30.3 Å². The van der Waals surface area contributed by atoms with Gasteiger partial charge in [-0.3, -0.25) is 0 Å². The van der Waals surface area contributed by atoms with Gasteiger partial charge in [0, 0.05) is 10.7 Å². The molecule has 0 aliphatic heterocycles. The first-order valence-corrected chi connectivity index (χ1v) is 5.71. The highest BCUT2D eigenvalue weighted by molar-refractivity contribution is 8.07. The maximum atomic E-state index is 10.8. The second kappa shape index (κ2) is 5.62. The van der Waals surface area contributed by atoms with Crippen molar-refractivity contribution in [1.82, 2.24) is 4.72 Å². The zero-order valence-electron chi connectivity index (χ0n) is 7.10. The second-order valence-electron chi connectivity index (χ2n) is 2.39. The third-order valence-electron chi connectivity index (χ3n) is 1.38. The number of benzene rings is 1. The summed E-state index contributed by atoms with van der Waals surface area (Å²) in [5, 5.41) is 0. The Bertz CT molecular complexity index is 331. The third-order valence-corrected chi connectivity index (χ3v) is 1.93. The van der Waals surface area contributed by atoms with Gasteiger partial charge in [0.2, 0.25) is 10.2 Å². The van der Waals surface area contributed by atoms with Crippen LogP contribution in [0.1, 0.15) is 5.56 Å². The van der Waals surface area contributed by atoms with Crippen LogP contribution in [-0.4, -0.2) is 10.3 Å². The van der Waals surface area contributed by atoms with Crippen LogP contribution in [0, 0.1) is 0 Å². The maximum Gasteiger partial charge on any atom is 0.420 e. The minimum absolute atomic E-state index is 0.126. The molecule has 0 aromatic heterocycles. The summed E-state index contributed by atoms with van der Waals surface area (Å²) in [4.78, 5) is 10.8. The van der Waals surface area contributed by atoms with Gasteiger partial charge < -0.3 is 4.74 Å². The van der Waals surface area contributed by atoms with Crippen LogP contribution in [-0.2, 0) is 21.5 Å². The van der Waals surface area contributed by atoms with E-state index in [2.05, 4.69) is 0 Å². The van der Waals surface area contributed by atoms with Crippen LogP contribution in [0.3, 0.4) is 0 Å². The molecule has 0 fully saturated rings. The number of hydrogen-bond donors (Lipinski definition) is 1. The van der Waals surface area contributed by atoms with Crippen molar-refractivity contribution in [2.75, 3.05) is 0 Å². The highest BCUT2D eigenvalue weighted by Crippen LogP contribution is 2.00. The summed E-state index contributed by atoms with van der Waals surface area (Å²) in [5.41, 5.74) is 0.850. The lowest BCUT2D eigenvalue weighted by Crippen LogP contribution is -2.23. The van der Waals surface area contributed by atoms with Crippen LogP contribution in [0.25, 0.3) is 0 Å². The van der Waals surface area contributed by atoms with E-state index in [9.17, 15) is 9.00 Å². The predicted molar refractivity (Wildman–Crippen MR) is 53.8 cm³/mol. The van der Waals surface area contributed by atoms with Gasteiger partial charge in [0.15, 0.2) is 0 Å². The zero-order chi connectivity index (χ0) is 10.4. The Kier molecular flexibility index (Phi) is 4.42. The Balaban J connectivity index is 2.34. The van der Waals surface area contributed by atoms with Gasteiger partial charge >= 0.3 is 6.09 Å². The lowest BCUT2D eigenvalue weighted by molar-refractivity contribution is 0.146. The summed E-state index contributed by atoms with van der Waals surface area (Å²) in [6.07, 6.45) is -0.804. The molecule has 0 heterocycles. The molecule has 14 heavy (non-hydrogen) atoms. The summed E-state index contributed by atoms with van der Waals surface area (Å²) in [7, 11) is 3.11. The molecule has 1 unspecified atom stereocenters. The Morgan fingerprint density at radius 2 is 2.07 bits per heavy atom. The van der Waals surface area contributed by atoms with Crippen LogP contribution in [0.2, 0.25) is 0 Å². The molecule has 0 aliphatic rings. The van der Waals surface area contributed by atoms with E-state index in [-0.39, 0.29) is 6.61 Å². The van der Waals surface area contributed by atoms with Gasteiger partial charge in [-0.25, -0.2) is 13.7 Å². The van der Waals surface area contributed by atoms with Crippen LogP contribution in [0.5, 0.6) is 0 Å². The molecule has 0 saturated heterocycles. The number of halogens is 1. The standard InChI is InChI=1S/C8H8ClNO3S/c9-14(12)10-8(11)13-6-7-4-2-1-3-5-7/h1-5H,6H2,(H,10,11). The first kappa shape index (κ1) is 11.0. The van der Waals surface area contributed by atoms with Crippen LogP contribution >= 0.6 is 10.7 Å². The molecule has 0 bridgehead atoms. The quantitative estimate of drug-likeness (QED) is 0.809. The molecule has 6 heteroatoms. The SMILES string of the molecule is O=C(NS(=O)Cl)OCc1ccccc1. The fourth-order valence-electron chi connectivity index (χ4n) is 0.818. The maximum absolute atomic E-state index is 10.8. The largest absolute Gasteiger partial charge is 0.444 e. The highest BCUT2D eigenvalue weighted by atomic mass is 35.7. The van der Waals surface area contributed by atoms with Gasteiger partial charge in [0.05, 0.1) is 0 Å². The minimum atomic E-state index is -1.91. The summed E-state index contributed by atoms with van der Waals surface area (Å²) < 4.78 is 16.9. The van der Waals surface area contributed by atoms with Crippen molar-refractivity contribution >= 4 is 27.0 Å². The monoisotopic (exact) mass is 233 g/mol. The molecule has 1 atom stereocenters. The van der Waals surface area contributed by atoms with E-state index in [4.69, 9.17) is 15.4 Å². The lowest BCUT2D eigenvalue weighted by atomic mass is 10.2. The Labute approximate surface area is 88.3 Å². The fourth-order valence-corrected chi connectivity index (χ4v) is 1.20. The predicted octanol–water partition coefficient (Wildman–Crippen LogP) is 1.73. The number of rotatable bonds is 3. The second-order valence-corrected chi connectivity index (χ2v) is 3.88. The van der Waals surface area contributed by atoms with Crippen LogP contribution in [0.4, 0.5) is 4.79 Å². The number of hydrogen-bond acceptors (Lipinski definition) is 3. The third kappa shape index (κ3) is 4.25. The van der Waals surface area contributed by atoms with E-state index < -0.39 is 16.3 Å². The van der Waals surface area contributed by atoms with Crippen molar-refractivity contribution in [1.29, 1.82) is 0 Å². The highest BCUT2D eigenvalue weighted by Gasteiger charge is 2.04. The minimum Gasteiger partial charge on any atom is -0.444 e. The van der Waals surface area contributed by atoms with Gasteiger partial charge in [-0.05, 0) is 5.56 Å². The van der Waals surface area contributed by atoms with Crippen molar-refractivity contribution in [3.63, 3.8) is 0 Å². The van der Waals surface area contributed by atoms with E-state index in [1.165, 1.54) is 0 Å². The fraction of sp³-hybridized carbons (Fsp3) is 0.125. The van der Waals surface area contributed by atoms with E-state index in [1.807, 2.05) is 35.1 Å². The number of carbonyl (C=O) groups is 1. The topological polar surface area (TPSA) is 55.4 Å². The normalized spacial score (nSPS) is 11.8. The van der Waals surface area contributed by atoms with Crippen molar-refractivity contribution in [2.45, 2.75) is 6.61 Å². The molecule has 0 aliphatic carbocycles. The van der Waals surface area contributed by atoms with Crippen molar-refractivity contribution in [3.8, 4) is 0 Å². The Morgan fingerprint density at radius 3 is 2.64 bits per heavy atom.